The number of ether oxygens (including phenoxy) is 2. The smallest absolute Gasteiger partial charge is 0.206 e. The lowest BCUT2D eigenvalue weighted by Crippen LogP contribution is -2.07. The van der Waals surface area contributed by atoms with Crippen molar-refractivity contribution in [3.63, 3.8) is 0 Å². The van der Waals surface area contributed by atoms with Gasteiger partial charge in [-0.2, -0.15) is 0 Å². The van der Waals surface area contributed by atoms with Gasteiger partial charge in [-0.1, -0.05) is 22.5 Å². The fourth-order valence-electron chi connectivity index (χ4n) is 2.57. The van der Waals surface area contributed by atoms with Crippen LogP contribution in [-0.4, -0.2) is 11.9 Å². The zero-order valence-electron chi connectivity index (χ0n) is 11.5. The van der Waals surface area contributed by atoms with E-state index in [0.717, 1.165) is 38.8 Å². The van der Waals surface area contributed by atoms with Crippen molar-refractivity contribution in [3.05, 3.63) is 41.9 Å². The van der Waals surface area contributed by atoms with Crippen molar-refractivity contribution in [1.82, 2.24) is 0 Å². The van der Waals surface area contributed by atoms with Gasteiger partial charge in [0.05, 0.1) is 12.9 Å². The van der Waals surface area contributed by atoms with Crippen LogP contribution < -0.4 is 9.47 Å². The van der Waals surface area contributed by atoms with Gasteiger partial charge in [0.2, 0.25) is 5.75 Å². The van der Waals surface area contributed by atoms with E-state index in [1.54, 1.807) is 6.26 Å². The standard InChI is InChI=1S/C16H15BrO3/c1-9-8-10(2)20-15-13(9)11(3)12-4-6-18-14(12)16(15)19-7-5-17/h4,6,8H,1,5,7H2,2-3H3. The van der Waals surface area contributed by atoms with Crippen molar-refractivity contribution in [2.75, 3.05) is 11.9 Å². The highest BCUT2D eigenvalue weighted by molar-refractivity contribution is 9.09. The number of halogens is 1. The molecule has 0 radical (unpaired) electrons. The molecule has 0 amide bonds. The summed E-state index contributed by atoms with van der Waals surface area (Å²) >= 11 is 3.37. The van der Waals surface area contributed by atoms with Crippen LogP contribution in [0.5, 0.6) is 11.5 Å². The second-order valence-electron chi connectivity index (χ2n) is 4.74. The van der Waals surface area contributed by atoms with E-state index in [1.807, 2.05) is 26.0 Å². The highest BCUT2D eigenvalue weighted by Crippen LogP contribution is 2.47. The average Bonchev–Trinajstić information content (AvgIpc) is 2.87. The first kappa shape index (κ1) is 13.3. The summed E-state index contributed by atoms with van der Waals surface area (Å²) in [5.41, 5.74) is 3.76. The van der Waals surface area contributed by atoms with E-state index in [2.05, 4.69) is 22.5 Å². The largest absolute Gasteiger partial charge is 0.485 e. The van der Waals surface area contributed by atoms with E-state index in [-0.39, 0.29) is 0 Å². The normalized spacial score (nSPS) is 13.9. The molecular weight excluding hydrogens is 320 g/mol. The van der Waals surface area contributed by atoms with Crippen molar-refractivity contribution >= 4 is 32.5 Å². The maximum absolute atomic E-state index is 5.89. The van der Waals surface area contributed by atoms with Gasteiger partial charge in [0.1, 0.15) is 5.76 Å². The molecule has 0 spiro atoms. The van der Waals surface area contributed by atoms with Crippen molar-refractivity contribution in [2.24, 2.45) is 0 Å². The molecule has 0 saturated heterocycles. The van der Waals surface area contributed by atoms with Gasteiger partial charge >= 0.3 is 0 Å². The first-order valence-electron chi connectivity index (χ1n) is 6.41. The third kappa shape index (κ3) is 1.95. The molecule has 1 aliphatic rings. The molecular formula is C16H15BrO3. The van der Waals surface area contributed by atoms with Crippen LogP contribution in [0.15, 0.2) is 35.2 Å². The van der Waals surface area contributed by atoms with Gasteiger partial charge in [-0.05, 0) is 37.1 Å². The fraction of sp³-hybridized carbons (Fsp3) is 0.250. The number of allylic oxidation sites excluding steroid dienone is 3. The maximum Gasteiger partial charge on any atom is 0.206 e. The lowest BCUT2D eigenvalue weighted by Gasteiger charge is -2.23. The molecule has 1 aliphatic heterocycles. The maximum atomic E-state index is 5.89. The van der Waals surface area contributed by atoms with Crippen LogP contribution in [0.25, 0.3) is 16.5 Å². The van der Waals surface area contributed by atoms with E-state index in [4.69, 9.17) is 13.9 Å². The van der Waals surface area contributed by atoms with Crippen LogP contribution in [0.2, 0.25) is 0 Å². The molecule has 1 aromatic heterocycles. The topological polar surface area (TPSA) is 31.6 Å². The van der Waals surface area contributed by atoms with Crippen molar-refractivity contribution in [3.8, 4) is 11.5 Å². The molecule has 0 fully saturated rings. The molecule has 20 heavy (non-hydrogen) atoms. The minimum absolute atomic E-state index is 0.546. The number of fused-ring (bicyclic) bond motifs is 2. The number of hydrogen-bond acceptors (Lipinski definition) is 3. The van der Waals surface area contributed by atoms with Crippen LogP contribution in [0.4, 0.5) is 0 Å². The third-order valence-electron chi connectivity index (χ3n) is 3.37. The van der Waals surface area contributed by atoms with Crippen molar-refractivity contribution < 1.29 is 13.9 Å². The van der Waals surface area contributed by atoms with Gasteiger partial charge in [0.15, 0.2) is 11.3 Å². The van der Waals surface area contributed by atoms with Gasteiger partial charge in [-0.3, -0.25) is 0 Å². The number of furan rings is 1. The summed E-state index contributed by atoms with van der Waals surface area (Å²) in [4.78, 5) is 0. The molecule has 0 aliphatic carbocycles. The van der Waals surface area contributed by atoms with E-state index in [0.29, 0.717) is 18.1 Å². The minimum Gasteiger partial charge on any atom is -0.485 e. The zero-order chi connectivity index (χ0) is 14.3. The lowest BCUT2D eigenvalue weighted by molar-refractivity contribution is 0.315. The number of aryl methyl sites for hydroxylation is 1. The molecule has 3 rings (SSSR count). The van der Waals surface area contributed by atoms with E-state index >= 15 is 0 Å². The van der Waals surface area contributed by atoms with Crippen LogP contribution in [0.1, 0.15) is 18.1 Å². The predicted octanol–water partition coefficient (Wildman–Crippen LogP) is 4.82. The molecule has 0 atom stereocenters. The van der Waals surface area contributed by atoms with Gasteiger partial charge in [0.25, 0.3) is 0 Å². The summed E-state index contributed by atoms with van der Waals surface area (Å²) in [5, 5.41) is 1.78. The Labute approximate surface area is 126 Å². The zero-order valence-corrected chi connectivity index (χ0v) is 13.0. The Morgan fingerprint density at radius 2 is 2.15 bits per heavy atom. The van der Waals surface area contributed by atoms with E-state index in [9.17, 15) is 0 Å². The SMILES string of the molecule is C=C1C=C(C)Oc2c1c(C)c1ccoc1c2OCCBr. The number of hydrogen-bond donors (Lipinski definition) is 0. The Morgan fingerprint density at radius 3 is 2.90 bits per heavy atom. The first-order chi connectivity index (χ1) is 9.63. The Balaban J connectivity index is 2.31. The van der Waals surface area contributed by atoms with Gasteiger partial charge in [-0.25, -0.2) is 0 Å². The predicted molar refractivity (Wildman–Crippen MR) is 83.7 cm³/mol. The molecule has 2 aromatic rings. The minimum atomic E-state index is 0.546. The molecule has 3 nitrogen and oxygen atoms in total. The summed E-state index contributed by atoms with van der Waals surface area (Å²) in [6.45, 7) is 8.63. The summed E-state index contributed by atoms with van der Waals surface area (Å²) in [7, 11) is 0. The van der Waals surface area contributed by atoms with Gasteiger partial charge in [0, 0.05) is 16.3 Å². The highest BCUT2D eigenvalue weighted by Gasteiger charge is 2.26. The number of benzene rings is 1. The van der Waals surface area contributed by atoms with E-state index < -0.39 is 0 Å². The van der Waals surface area contributed by atoms with Gasteiger partial charge < -0.3 is 13.9 Å². The third-order valence-corrected chi connectivity index (χ3v) is 3.69. The Morgan fingerprint density at radius 1 is 1.35 bits per heavy atom. The van der Waals surface area contributed by atoms with Crippen LogP contribution in [0, 0.1) is 6.92 Å². The lowest BCUT2D eigenvalue weighted by atomic mass is 9.95. The van der Waals surface area contributed by atoms with Gasteiger partial charge in [-0.15, -0.1) is 0 Å². The van der Waals surface area contributed by atoms with Crippen molar-refractivity contribution in [2.45, 2.75) is 13.8 Å². The second kappa shape index (κ2) is 5.02. The summed E-state index contributed by atoms with van der Waals surface area (Å²) in [6.07, 6.45) is 3.61. The monoisotopic (exact) mass is 334 g/mol. The number of alkyl halides is 1. The fourth-order valence-corrected chi connectivity index (χ4v) is 2.73. The molecule has 0 bridgehead atoms. The molecule has 104 valence electrons. The molecule has 4 heteroatoms. The molecule has 0 unspecified atom stereocenters. The summed E-state index contributed by atoms with van der Waals surface area (Å²) in [6, 6.07) is 1.95. The second-order valence-corrected chi connectivity index (χ2v) is 5.53. The average molecular weight is 335 g/mol. The van der Waals surface area contributed by atoms with Crippen LogP contribution >= 0.6 is 15.9 Å². The molecule has 1 aromatic carbocycles. The molecule has 0 saturated carbocycles. The first-order valence-corrected chi connectivity index (χ1v) is 7.53. The summed E-state index contributed by atoms with van der Waals surface area (Å²) in [5.74, 6) is 2.16. The highest BCUT2D eigenvalue weighted by atomic mass is 79.9. The molecule has 0 N–H and O–H groups in total. The molecule has 2 heterocycles. The Bertz CT molecular complexity index is 725. The van der Waals surface area contributed by atoms with Crippen LogP contribution in [-0.2, 0) is 0 Å². The summed E-state index contributed by atoms with van der Waals surface area (Å²) < 4.78 is 17.3. The Hall–Kier alpha value is -1.68. The van der Waals surface area contributed by atoms with E-state index in [1.165, 1.54) is 0 Å². The number of rotatable bonds is 3. The Kier molecular flexibility index (Phi) is 3.34. The van der Waals surface area contributed by atoms with Crippen LogP contribution in [0.3, 0.4) is 0 Å². The van der Waals surface area contributed by atoms with Crippen molar-refractivity contribution in [1.29, 1.82) is 0 Å². The quantitative estimate of drug-likeness (QED) is 0.754.